The van der Waals surface area contributed by atoms with E-state index in [4.69, 9.17) is 0 Å². The molecule has 0 bridgehead atoms. The van der Waals surface area contributed by atoms with Crippen LogP contribution in [0.3, 0.4) is 0 Å². The predicted molar refractivity (Wildman–Crippen MR) is 73.9 cm³/mol. The minimum absolute atomic E-state index is 0.0806. The number of hydrogen-bond donors (Lipinski definition) is 1. The van der Waals surface area contributed by atoms with E-state index in [0.717, 1.165) is 25.8 Å². The lowest BCUT2D eigenvalue weighted by Gasteiger charge is -2.32. The summed E-state index contributed by atoms with van der Waals surface area (Å²) in [5.41, 5.74) is 0. The Balaban J connectivity index is 2.36. The van der Waals surface area contributed by atoms with Crippen molar-refractivity contribution in [3.05, 3.63) is 0 Å². The fourth-order valence-electron chi connectivity index (χ4n) is 2.32. The van der Waals surface area contributed by atoms with E-state index in [2.05, 4.69) is 10.1 Å². The normalized spacial score (nSPS) is 18.5. The van der Waals surface area contributed by atoms with Gasteiger partial charge in [-0.3, -0.25) is 14.4 Å². The first kappa shape index (κ1) is 16.5. The Morgan fingerprint density at radius 1 is 1.30 bits per heavy atom. The van der Waals surface area contributed by atoms with Crippen molar-refractivity contribution in [3.63, 3.8) is 0 Å². The Labute approximate surface area is 119 Å². The lowest BCUT2D eigenvalue weighted by molar-refractivity contribution is -0.140. The largest absolute Gasteiger partial charge is 0.469 e. The zero-order valence-electron chi connectivity index (χ0n) is 12.3. The highest BCUT2D eigenvalue weighted by Gasteiger charge is 2.27. The maximum atomic E-state index is 12.0. The molecule has 1 N–H and O–H groups in total. The fourth-order valence-corrected chi connectivity index (χ4v) is 2.32. The molecule has 6 heteroatoms. The SMILES string of the molecule is CCCC(=O)N1CCCC(C(=O)NCCC(=O)OC)C1. The predicted octanol–water partition coefficient (Wildman–Crippen LogP) is 0.704. The number of methoxy groups -OCH3 is 1. The summed E-state index contributed by atoms with van der Waals surface area (Å²) in [5, 5.41) is 2.73. The summed E-state index contributed by atoms with van der Waals surface area (Å²) in [7, 11) is 1.32. The van der Waals surface area contributed by atoms with Crippen molar-refractivity contribution in [1.29, 1.82) is 0 Å². The summed E-state index contributed by atoms with van der Waals surface area (Å²) >= 11 is 0. The molecule has 0 aromatic carbocycles. The van der Waals surface area contributed by atoms with Crippen molar-refractivity contribution in [2.75, 3.05) is 26.7 Å². The molecule has 1 rings (SSSR count). The molecule has 1 saturated heterocycles. The van der Waals surface area contributed by atoms with Crippen LogP contribution in [0.15, 0.2) is 0 Å². The minimum Gasteiger partial charge on any atom is -0.469 e. The molecule has 1 heterocycles. The van der Waals surface area contributed by atoms with Gasteiger partial charge in [0.15, 0.2) is 0 Å². The third kappa shape index (κ3) is 5.19. The number of ether oxygens (including phenoxy) is 1. The van der Waals surface area contributed by atoms with Crippen LogP contribution in [0.25, 0.3) is 0 Å². The Kier molecular flexibility index (Phi) is 7.04. The van der Waals surface area contributed by atoms with Gasteiger partial charge in [-0.2, -0.15) is 0 Å². The topological polar surface area (TPSA) is 75.7 Å². The molecule has 114 valence electrons. The minimum atomic E-state index is -0.339. The van der Waals surface area contributed by atoms with Crippen molar-refractivity contribution >= 4 is 17.8 Å². The number of rotatable bonds is 6. The molecule has 1 atom stereocenters. The highest BCUT2D eigenvalue weighted by atomic mass is 16.5. The van der Waals surface area contributed by atoms with Crippen LogP contribution in [0, 0.1) is 5.92 Å². The molecule has 0 aromatic heterocycles. The van der Waals surface area contributed by atoms with Crippen molar-refractivity contribution in [3.8, 4) is 0 Å². The van der Waals surface area contributed by atoms with Crippen LogP contribution in [-0.4, -0.2) is 49.4 Å². The van der Waals surface area contributed by atoms with Crippen molar-refractivity contribution in [2.45, 2.75) is 39.0 Å². The Bertz CT molecular complexity index is 357. The van der Waals surface area contributed by atoms with Gasteiger partial charge in [-0.05, 0) is 19.3 Å². The third-order valence-electron chi connectivity index (χ3n) is 3.46. The summed E-state index contributed by atoms with van der Waals surface area (Å²) < 4.78 is 4.51. The van der Waals surface area contributed by atoms with Crippen molar-refractivity contribution in [2.24, 2.45) is 5.92 Å². The van der Waals surface area contributed by atoms with Gasteiger partial charge in [0.1, 0.15) is 0 Å². The highest BCUT2D eigenvalue weighted by Crippen LogP contribution is 2.17. The van der Waals surface area contributed by atoms with E-state index >= 15 is 0 Å². The molecule has 1 unspecified atom stereocenters. The molecule has 2 amide bonds. The quantitative estimate of drug-likeness (QED) is 0.729. The highest BCUT2D eigenvalue weighted by molar-refractivity contribution is 5.81. The molecule has 1 aliphatic heterocycles. The van der Waals surface area contributed by atoms with Crippen LogP contribution in [0.4, 0.5) is 0 Å². The van der Waals surface area contributed by atoms with Gasteiger partial charge in [-0.25, -0.2) is 0 Å². The molecule has 0 radical (unpaired) electrons. The molecule has 0 aromatic rings. The van der Waals surface area contributed by atoms with Crippen molar-refractivity contribution in [1.82, 2.24) is 10.2 Å². The summed E-state index contributed by atoms with van der Waals surface area (Å²) in [5.74, 6) is -0.460. The summed E-state index contributed by atoms with van der Waals surface area (Å²) in [6, 6.07) is 0. The molecule has 0 spiro atoms. The lowest BCUT2D eigenvalue weighted by Crippen LogP contribution is -2.45. The molecular formula is C14H24N2O4. The monoisotopic (exact) mass is 284 g/mol. The number of nitrogens with zero attached hydrogens (tertiary/aromatic N) is 1. The van der Waals surface area contributed by atoms with Gasteiger partial charge in [-0.1, -0.05) is 6.92 Å². The first-order valence-electron chi connectivity index (χ1n) is 7.20. The van der Waals surface area contributed by atoms with E-state index in [1.165, 1.54) is 7.11 Å². The van der Waals surface area contributed by atoms with Gasteiger partial charge in [0.05, 0.1) is 19.4 Å². The number of amides is 2. The molecule has 1 fully saturated rings. The zero-order chi connectivity index (χ0) is 15.0. The molecule has 20 heavy (non-hydrogen) atoms. The molecule has 6 nitrogen and oxygen atoms in total. The van der Waals surface area contributed by atoms with Crippen LogP contribution >= 0.6 is 0 Å². The molecule has 0 saturated carbocycles. The smallest absolute Gasteiger partial charge is 0.307 e. The van der Waals surface area contributed by atoms with Crippen LogP contribution in [0.5, 0.6) is 0 Å². The second-order valence-corrected chi connectivity index (χ2v) is 5.05. The van der Waals surface area contributed by atoms with E-state index in [-0.39, 0.29) is 36.7 Å². The Morgan fingerprint density at radius 2 is 2.05 bits per heavy atom. The number of carbonyl (C=O) groups excluding carboxylic acids is 3. The lowest BCUT2D eigenvalue weighted by atomic mass is 9.96. The first-order chi connectivity index (χ1) is 9.58. The average Bonchev–Trinajstić information content (AvgIpc) is 2.47. The fraction of sp³-hybridized carbons (Fsp3) is 0.786. The van der Waals surface area contributed by atoms with Gasteiger partial charge in [-0.15, -0.1) is 0 Å². The van der Waals surface area contributed by atoms with Gasteiger partial charge < -0.3 is 15.0 Å². The summed E-state index contributed by atoms with van der Waals surface area (Å²) in [6.45, 7) is 3.48. The molecule has 0 aliphatic carbocycles. The Morgan fingerprint density at radius 3 is 2.70 bits per heavy atom. The summed E-state index contributed by atoms with van der Waals surface area (Å²) in [6.07, 6.45) is 3.18. The number of hydrogen-bond acceptors (Lipinski definition) is 4. The van der Waals surface area contributed by atoms with Gasteiger partial charge >= 0.3 is 5.97 Å². The van der Waals surface area contributed by atoms with Crippen molar-refractivity contribution < 1.29 is 19.1 Å². The zero-order valence-corrected chi connectivity index (χ0v) is 12.3. The maximum absolute atomic E-state index is 12.0. The standard InChI is InChI=1S/C14H24N2O4/c1-3-5-12(17)16-9-4-6-11(10-16)14(19)15-8-7-13(18)20-2/h11H,3-10H2,1-2H3,(H,15,19). The number of likely N-dealkylation sites (tertiary alicyclic amines) is 1. The Hall–Kier alpha value is -1.59. The van der Waals surface area contributed by atoms with E-state index < -0.39 is 0 Å². The molecular weight excluding hydrogens is 260 g/mol. The third-order valence-corrected chi connectivity index (χ3v) is 3.46. The van der Waals surface area contributed by atoms with Crippen LogP contribution in [0.1, 0.15) is 39.0 Å². The maximum Gasteiger partial charge on any atom is 0.307 e. The van der Waals surface area contributed by atoms with Gasteiger partial charge in [0.25, 0.3) is 0 Å². The van der Waals surface area contributed by atoms with Crippen LogP contribution < -0.4 is 5.32 Å². The summed E-state index contributed by atoms with van der Waals surface area (Å²) in [4.78, 5) is 36.6. The van der Waals surface area contributed by atoms with E-state index in [0.29, 0.717) is 13.0 Å². The van der Waals surface area contributed by atoms with Gasteiger partial charge in [0, 0.05) is 26.1 Å². The van der Waals surface area contributed by atoms with E-state index in [1.807, 2.05) is 6.92 Å². The van der Waals surface area contributed by atoms with E-state index in [9.17, 15) is 14.4 Å². The second kappa shape index (κ2) is 8.55. The second-order valence-electron chi connectivity index (χ2n) is 5.05. The number of piperidine rings is 1. The number of carbonyl (C=O) groups is 3. The number of esters is 1. The average molecular weight is 284 g/mol. The van der Waals surface area contributed by atoms with Crippen LogP contribution in [-0.2, 0) is 19.1 Å². The van der Waals surface area contributed by atoms with Crippen LogP contribution in [0.2, 0.25) is 0 Å². The first-order valence-corrected chi connectivity index (χ1v) is 7.20. The number of nitrogens with one attached hydrogen (secondary N) is 1. The van der Waals surface area contributed by atoms with E-state index in [1.54, 1.807) is 4.90 Å². The van der Waals surface area contributed by atoms with Gasteiger partial charge in [0.2, 0.25) is 11.8 Å². The molecule has 1 aliphatic rings.